The van der Waals surface area contributed by atoms with Gasteiger partial charge < -0.3 is 10.4 Å². The molecule has 2 nitrogen and oxygen atoms in total. The average molecular weight is 169 g/mol. The summed E-state index contributed by atoms with van der Waals surface area (Å²) in [5.74, 6) is 0. The second-order valence-electron chi connectivity index (χ2n) is 4.40. The Morgan fingerprint density at radius 2 is 1.92 bits per heavy atom. The van der Waals surface area contributed by atoms with E-state index in [1.165, 1.54) is 32.1 Å². The van der Waals surface area contributed by atoms with Gasteiger partial charge in [0.1, 0.15) is 0 Å². The third-order valence-electron chi connectivity index (χ3n) is 3.63. The van der Waals surface area contributed by atoms with Gasteiger partial charge in [0, 0.05) is 12.0 Å². The summed E-state index contributed by atoms with van der Waals surface area (Å²) in [7, 11) is 0. The molecule has 1 heterocycles. The Labute approximate surface area is 74.4 Å². The highest BCUT2D eigenvalue weighted by molar-refractivity contribution is 4.93. The van der Waals surface area contributed by atoms with Crippen LogP contribution >= 0.6 is 0 Å². The SMILES string of the molecule is OC1CCNCC12CCCCC2. The van der Waals surface area contributed by atoms with Crippen molar-refractivity contribution < 1.29 is 5.11 Å². The van der Waals surface area contributed by atoms with Gasteiger partial charge in [0.2, 0.25) is 0 Å². The zero-order valence-electron chi connectivity index (χ0n) is 7.68. The van der Waals surface area contributed by atoms with Crippen LogP contribution in [0.3, 0.4) is 0 Å². The minimum absolute atomic E-state index is 0.0287. The average Bonchev–Trinajstić information content (AvgIpc) is 2.12. The van der Waals surface area contributed by atoms with Crippen molar-refractivity contribution in [2.24, 2.45) is 5.41 Å². The van der Waals surface area contributed by atoms with Crippen molar-refractivity contribution in [2.45, 2.75) is 44.6 Å². The second-order valence-corrected chi connectivity index (χ2v) is 4.40. The summed E-state index contributed by atoms with van der Waals surface area (Å²) in [5, 5.41) is 13.4. The molecule has 2 rings (SSSR count). The maximum atomic E-state index is 9.94. The van der Waals surface area contributed by atoms with Crippen LogP contribution in [-0.4, -0.2) is 24.3 Å². The molecule has 2 aliphatic rings. The van der Waals surface area contributed by atoms with E-state index in [1.807, 2.05) is 0 Å². The summed E-state index contributed by atoms with van der Waals surface area (Å²) in [6.07, 6.45) is 7.41. The molecule has 12 heavy (non-hydrogen) atoms. The van der Waals surface area contributed by atoms with E-state index >= 15 is 0 Å². The molecular formula is C10H19NO. The highest BCUT2D eigenvalue weighted by Crippen LogP contribution is 2.41. The molecule has 2 fully saturated rings. The Morgan fingerprint density at radius 1 is 1.17 bits per heavy atom. The molecule has 0 aromatic carbocycles. The van der Waals surface area contributed by atoms with Gasteiger partial charge in [0.25, 0.3) is 0 Å². The minimum Gasteiger partial charge on any atom is -0.392 e. The smallest absolute Gasteiger partial charge is 0.0620 e. The lowest BCUT2D eigenvalue weighted by Crippen LogP contribution is -2.50. The van der Waals surface area contributed by atoms with Crippen molar-refractivity contribution in [3.8, 4) is 0 Å². The summed E-state index contributed by atoms with van der Waals surface area (Å²) in [6.45, 7) is 2.05. The van der Waals surface area contributed by atoms with Gasteiger partial charge in [-0.2, -0.15) is 0 Å². The Morgan fingerprint density at radius 3 is 2.58 bits per heavy atom. The van der Waals surface area contributed by atoms with E-state index in [-0.39, 0.29) is 11.5 Å². The summed E-state index contributed by atoms with van der Waals surface area (Å²) < 4.78 is 0. The topological polar surface area (TPSA) is 32.3 Å². The number of aliphatic hydroxyl groups is 1. The molecule has 1 atom stereocenters. The highest BCUT2D eigenvalue weighted by Gasteiger charge is 2.40. The molecule has 1 saturated carbocycles. The Bertz CT molecular complexity index is 144. The third kappa shape index (κ3) is 1.38. The molecule has 2 heteroatoms. The van der Waals surface area contributed by atoms with Crippen molar-refractivity contribution in [1.82, 2.24) is 5.32 Å². The Kier molecular flexibility index (Phi) is 2.37. The first kappa shape index (κ1) is 8.52. The fraction of sp³-hybridized carbons (Fsp3) is 1.00. The normalized spacial score (nSPS) is 35.2. The molecule has 1 unspecified atom stereocenters. The van der Waals surface area contributed by atoms with E-state index in [0.717, 1.165) is 19.5 Å². The summed E-state index contributed by atoms with van der Waals surface area (Å²) in [5.41, 5.74) is 0.260. The van der Waals surface area contributed by atoms with Gasteiger partial charge in [0.15, 0.2) is 0 Å². The predicted molar refractivity (Wildman–Crippen MR) is 49.0 cm³/mol. The molecule has 0 bridgehead atoms. The number of aliphatic hydroxyl groups excluding tert-OH is 1. The molecule has 70 valence electrons. The van der Waals surface area contributed by atoms with Gasteiger partial charge in [-0.25, -0.2) is 0 Å². The van der Waals surface area contributed by atoms with Crippen LogP contribution in [-0.2, 0) is 0 Å². The van der Waals surface area contributed by atoms with E-state index in [0.29, 0.717) is 0 Å². The zero-order valence-corrected chi connectivity index (χ0v) is 7.68. The van der Waals surface area contributed by atoms with Crippen molar-refractivity contribution >= 4 is 0 Å². The van der Waals surface area contributed by atoms with Crippen molar-refractivity contribution in [1.29, 1.82) is 0 Å². The number of piperidine rings is 1. The van der Waals surface area contributed by atoms with Gasteiger partial charge in [-0.3, -0.25) is 0 Å². The second kappa shape index (κ2) is 3.35. The molecular weight excluding hydrogens is 150 g/mol. The molecule has 0 aromatic rings. The lowest BCUT2D eigenvalue weighted by atomic mass is 9.68. The lowest BCUT2D eigenvalue weighted by molar-refractivity contribution is -0.0255. The standard InChI is InChI=1S/C10H19NO/c12-9-4-7-11-8-10(9)5-2-1-3-6-10/h9,11-12H,1-8H2. The Hall–Kier alpha value is -0.0800. The van der Waals surface area contributed by atoms with Crippen molar-refractivity contribution in [2.75, 3.05) is 13.1 Å². The fourth-order valence-corrected chi connectivity index (χ4v) is 2.77. The van der Waals surface area contributed by atoms with Gasteiger partial charge in [-0.1, -0.05) is 19.3 Å². The van der Waals surface area contributed by atoms with Gasteiger partial charge in [-0.05, 0) is 25.8 Å². The van der Waals surface area contributed by atoms with Crippen LogP contribution < -0.4 is 5.32 Å². The first-order valence-corrected chi connectivity index (χ1v) is 5.22. The number of hydrogen-bond donors (Lipinski definition) is 2. The summed E-state index contributed by atoms with van der Waals surface area (Å²) in [6, 6.07) is 0. The van der Waals surface area contributed by atoms with Gasteiger partial charge >= 0.3 is 0 Å². The minimum atomic E-state index is -0.0287. The summed E-state index contributed by atoms with van der Waals surface area (Å²) >= 11 is 0. The number of hydrogen-bond acceptors (Lipinski definition) is 2. The molecule has 1 aliphatic heterocycles. The maximum absolute atomic E-state index is 9.94. The quantitative estimate of drug-likeness (QED) is 0.572. The molecule has 0 amide bonds. The van der Waals surface area contributed by atoms with Gasteiger partial charge in [-0.15, -0.1) is 0 Å². The first-order valence-electron chi connectivity index (χ1n) is 5.22. The predicted octanol–water partition coefficient (Wildman–Crippen LogP) is 1.29. The van der Waals surface area contributed by atoms with Crippen molar-refractivity contribution in [3.63, 3.8) is 0 Å². The van der Waals surface area contributed by atoms with Crippen LogP contribution in [0.1, 0.15) is 38.5 Å². The molecule has 0 aromatic heterocycles. The van der Waals surface area contributed by atoms with E-state index in [4.69, 9.17) is 0 Å². The monoisotopic (exact) mass is 169 g/mol. The number of rotatable bonds is 0. The van der Waals surface area contributed by atoms with Crippen LogP contribution in [0, 0.1) is 5.41 Å². The molecule has 1 spiro atoms. The highest BCUT2D eigenvalue weighted by atomic mass is 16.3. The van der Waals surface area contributed by atoms with Crippen LogP contribution in [0.4, 0.5) is 0 Å². The van der Waals surface area contributed by atoms with E-state index < -0.39 is 0 Å². The Balaban J connectivity index is 2.04. The van der Waals surface area contributed by atoms with E-state index in [2.05, 4.69) is 5.32 Å². The molecule has 2 N–H and O–H groups in total. The first-order chi connectivity index (χ1) is 5.83. The van der Waals surface area contributed by atoms with Crippen LogP contribution in [0.5, 0.6) is 0 Å². The third-order valence-corrected chi connectivity index (χ3v) is 3.63. The molecule has 0 radical (unpaired) electrons. The van der Waals surface area contributed by atoms with Gasteiger partial charge in [0.05, 0.1) is 6.10 Å². The fourth-order valence-electron chi connectivity index (χ4n) is 2.77. The van der Waals surface area contributed by atoms with Crippen LogP contribution in [0.2, 0.25) is 0 Å². The summed E-state index contributed by atoms with van der Waals surface area (Å²) in [4.78, 5) is 0. The molecule has 1 aliphatic carbocycles. The zero-order chi connectivity index (χ0) is 8.44. The van der Waals surface area contributed by atoms with Crippen LogP contribution in [0.15, 0.2) is 0 Å². The lowest BCUT2D eigenvalue weighted by Gasteiger charge is -2.44. The largest absolute Gasteiger partial charge is 0.392 e. The number of nitrogens with one attached hydrogen (secondary N) is 1. The van der Waals surface area contributed by atoms with E-state index in [9.17, 15) is 5.11 Å². The maximum Gasteiger partial charge on any atom is 0.0620 e. The van der Waals surface area contributed by atoms with Crippen LogP contribution in [0.25, 0.3) is 0 Å². The van der Waals surface area contributed by atoms with E-state index in [1.54, 1.807) is 0 Å². The molecule has 1 saturated heterocycles. The van der Waals surface area contributed by atoms with Crippen molar-refractivity contribution in [3.05, 3.63) is 0 Å².